The van der Waals surface area contributed by atoms with Crippen molar-refractivity contribution < 1.29 is 178 Å². The first-order valence-electron chi connectivity index (χ1n) is 36.4. The van der Waals surface area contributed by atoms with Gasteiger partial charge in [0.2, 0.25) is 0 Å². The van der Waals surface area contributed by atoms with E-state index in [0.29, 0.717) is 10.8 Å². The molecular weight excluding hydrogens is 2690 g/mol. The second-order valence-corrected chi connectivity index (χ2v) is 27.5. The number of para-hydroxylation sites is 2. The van der Waals surface area contributed by atoms with E-state index in [2.05, 4.69) is 76.7 Å². The van der Waals surface area contributed by atoms with Crippen molar-refractivity contribution in [3.63, 3.8) is 0 Å². The molecule has 7 aromatic heterocycles. The Balaban J connectivity index is 0.00000137. The first-order chi connectivity index (χ1) is 56.8. The quantitative estimate of drug-likeness (QED) is 0.0429. The molecule has 0 spiro atoms. The Hall–Kier alpha value is -10.6. The number of ketones is 3. The van der Waals surface area contributed by atoms with Gasteiger partial charge in [-0.3, -0.25) is 46.3 Å². The van der Waals surface area contributed by atoms with Crippen molar-refractivity contribution in [2.45, 2.75) is 69.2 Å². The van der Waals surface area contributed by atoms with Gasteiger partial charge in [-0.25, -0.2) is 9.78 Å². The fraction of sp³-hybridized carbons (Fsp3) is 0.137. The van der Waals surface area contributed by atoms with Crippen LogP contribution in [-0.4, -0.2) is 98.0 Å². The van der Waals surface area contributed by atoms with Crippen molar-refractivity contribution in [1.29, 1.82) is 0 Å². The summed E-state index contributed by atoms with van der Waals surface area (Å²) in [6, 6.07) is 86.5. The van der Waals surface area contributed by atoms with Crippen molar-refractivity contribution in [3.8, 4) is 56.5 Å². The maximum absolute atomic E-state index is 13.2. The molecule has 125 heavy (non-hydrogen) atoms. The van der Waals surface area contributed by atoms with Crippen LogP contribution in [-0.2, 0) is 142 Å². The van der Waals surface area contributed by atoms with Gasteiger partial charge in [0.25, 0.3) is 0 Å². The number of carbonyl (C=O) groups is 4. The van der Waals surface area contributed by atoms with Crippen molar-refractivity contribution in [1.82, 2.24) is 54.3 Å². The molecule has 15 aromatic rings. The van der Waals surface area contributed by atoms with Crippen LogP contribution in [0.2, 0.25) is 5.15 Å². The van der Waals surface area contributed by atoms with E-state index in [9.17, 15) is 41.8 Å². The number of halogens is 5. The van der Waals surface area contributed by atoms with Gasteiger partial charge < -0.3 is 35.0 Å². The van der Waals surface area contributed by atoms with Crippen molar-refractivity contribution in [2.24, 2.45) is 17.9 Å². The average Bonchev–Trinajstić information content (AvgIpc) is 1.53. The number of pyridine rings is 3. The van der Waals surface area contributed by atoms with Gasteiger partial charge >= 0.3 is 5.97 Å². The number of carbonyl (C=O) groups excluding carboxylic acids is 3. The molecule has 0 fully saturated rings. The minimum Gasteiger partial charge on any atom is -0.512 e. The number of aryl methyl sites for hydroxylation is 1. The van der Waals surface area contributed by atoms with Gasteiger partial charge in [0.15, 0.2) is 17.3 Å². The molecule has 0 unspecified atom stereocenters. The van der Waals surface area contributed by atoms with E-state index in [1.165, 1.54) is 82.5 Å². The van der Waals surface area contributed by atoms with E-state index in [0.717, 1.165) is 79.2 Å². The van der Waals surface area contributed by atoms with Gasteiger partial charge in [-0.1, -0.05) is 138 Å². The number of hydrogen-bond acceptors (Lipinski definition) is 15. The average molecular weight is 2770 g/mol. The van der Waals surface area contributed by atoms with E-state index in [1.54, 1.807) is 88.9 Å². The maximum atomic E-state index is 13.2. The minimum atomic E-state index is -0.990. The molecule has 8 aromatic carbocycles. The molecule has 0 saturated carbocycles. The van der Waals surface area contributed by atoms with Crippen molar-refractivity contribution in [2.75, 3.05) is 0 Å². The third-order valence-corrected chi connectivity index (χ3v) is 15.4. The normalized spacial score (nSPS) is 10.3. The predicted octanol–water partition coefficient (Wildman–Crippen LogP) is 21.7. The van der Waals surface area contributed by atoms with Crippen molar-refractivity contribution in [3.05, 3.63) is 386 Å². The Labute approximate surface area is 810 Å². The van der Waals surface area contributed by atoms with E-state index in [-0.39, 0.29) is 184 Å². The van der Waals surface area contributed by atoms with Gasteiger partial charge in [-0.05, 0) is 92.9 Å². The molecule has 7 heterocycles. The number of carboxylic acid groups (broad SMARTS) is 1. The summed E-state index contributed by atoms with van der Waals surface area (Å²) in [5.74, 6) is -1.93. The summed E-state index contributed by atoms with van der Waals surface area (Å²) < 4.78 is 56.8. The number of benzene rings is 8. The number of aromatic nitrogens is 11. The summed E-state index contributed by atoms with van der Waals surface area (Å²) in [5, 5.41) is 53.3. The third-order valence-electron chi connectivity index (χ3n) is 15.2. The van der Waals surface area contributed by atoms with E-state index in [1.807, 2.05) is 205 Å². The zero-order valence-electron chi connectivity index (χ0n) is 69.0. The molecule has 0 aliphatic rings. The van der Waals surface area contributed by atoms with Gasteiger partial charge in [0.1, 0.15) is 16.6 Å². The number of hydrogen-bond donors (Lipinski definition) is 4. The Morgan fingerprint density at radius 3 is 1.20 bits per heavy atom. The molecule has 0 saturated heterocycles. The summed E-state index contributed by atoms with van der Waals surface area (Å²) in [6.45, 7) is 16.8. The van der Waals surface area contributed by atoms with Crippen LogP contribution < -0.4 is 0 Å². The number of allylic oxidation sites excluding steroid dienone is 6. The van der Waals surface area contributed by atoms with Crippen LogP contribution in [0.1, 0.15) is 79.7 Å². The first-order valence-corrected chi connectivity index (χ1v) is 36.8. The van der Waals surface area contributed by atoms with Crippen LogP contribution in [0.3, 0.4) is 0 Å². The van der Waals surface area contributed by atoms with Crippen LogP contribution in [0.5, 0.6) is 0 Å². The molecule has 6 radical (unpaired) electrons. The molecule has 0 bridgehead atoms. The van der Waals surface area contributed by atoms with Crippen molar-refractivity contribution >= 4 is 56.7 Å². The van der Waals surface area contributed by atoms with Crippen LogP contribution in [0.25, 0.3) is 78.3 Å². The molecule has 0 amide bonds. The Kier molecular flexibility index (Phi) is 55.1. The standard InChI is InChI=1S/2C13H8FN2.C11H6F2N.C11H8N.C11H20O2.C10H6ClN2.C10H9N2.C6H5NO2.2C5H8O2.6Ir/c2*14-11-5-7-12(8-6-11)16-13-4-2-1-3-10(13)9-15-16;12-8-4-5-9(10(13)7-8)11-3-1-2-6-14-11;1-2-6-10(7-3-1)11-8-4-5-9-12-11;1-10(2,3)8(12)7-9(13)11(4,5)6;11-10-7-6-9(12-13-10)8-4-2-1-3-5-8;1-12-8-7-11-10(12)9-5-3-2-4-6-9;8-6(9)5-3-1-2-4-7-5;2*1-4(6)3-5(2)7;;;;;;/h2*1-7,9H;1-4,6-7H;1-6,8-9H;7,12H,1-6H3;1-4,6-7H;2-5,7-8H,1H3;1-4H,(H,8,9);2*3,6H,1-2H3;;;;;;/q4*-1;;2*-1;;;;;;;;;. The summed E-state index contributed by atoms with van der Waals surface area (Å²) in [6.07, 6.45) is 15.7. The number of fused-ring (bicyclic) bond motifs is 2. The monoisotopic (exact) mass is 2780 g/mol. The minimum absolute atomic E-state index is 0. The molecule has 4 N–H and O–H groups in total. The van der Waals surface area contributed by atoms with Gasteiger partial charge in [0, 0.05) is 227 Å². The van der Waals surface area contributed by atoms with Crippen LogP contribution in [0.15, 0.2) is 315 Å². The number of aromatic carboxylic acids is 1. The molecule has 0 aliphatic carbocycles. The fourth-order valence-electron chi connectivity index (χ4n) is 9.42. The molecule has 19 nitrogen and oxygen atoms in total. The largest absolute Gasteiger partial charge is 0.512 e. The SMILES string of the molecule is CC(=O)C=C(C)O.CC(=O)C=C(C)O.CC(C)(C)C(=O)C=C(O)C(C)(C)C.Clc1ccc(-c2[c-]cccc2)nn1.Cn1ccnc1-c1[c-]cccc1.Fc1c[c-]c(-c2ccccn2)c(F)c1.Fc1c[c-]c(-n2ncc3ccccc32)cc1.Fc1c[c-]c(-n2ncc3ccccc32)cc1.O=C(O)c1ccccn1.[Ir].[Ir].[Ir].[Ir].[Ir].[Ir].[c-]1ccccc1-c1ccccn1. The number of carboxylic acids is 1. The summed E-state index contributed by atoms with van der Waals surface area (Å²) in [5.41, 5.74) is 8.16. The molecule has 0 aliphatic heterocycles. The van der Waals surface area contributed by atoms with Gasteiger partial charge in [-0.2, -0.15) is 27.4 Å². The third kappa shape index (κ3) is 42.3. The van der Waals surface area contributed by atoms with Crippen LogP contribution >= 0.6 is 11.6 Å². The summed E-state index contributed by atoms with van der Waals surface area (Å²) in [4.78, 5) is 57.6. The van der Waals surface area contributed by atoms with E-state index >= 15 is 0 Å². The number of nitrogens with zero attached hydrogens (tertiary/aromatic N) is 11. The van der Waals surface area contributed by atoms with Crippen LogP contribution in [0, 0.1) is 70.5 Å². The molecule has 30 heteroatoms. The number of aliphatic hydroxyl groups excluding tert-OH is 3. The number of imidazole rings is 1. The van der Waals surface area contributed by atoms with Gasteiger partial charge in [-0.15, -0.1) is 161 Å². The second kappa shape index (κ2) is 60.1. The van der Waals surface area contributed by atoms with E-state index in [4.69, 9.17) is 26.9 Å². The smallest absolute Gasteiger partial charge is 0.354 e. The number of aliphatic hydroxyl groups is 3. The zero-order valence-corrected chi connectivity index (χ0v) is 84.1. The summed E-state index contributed by atoms with van der Waals surface area (Å²) >= 11 is 5.62. The zero-order chi connectivity index (χ0) is 86.9. The molecular formula is C95H86ClF4Ir6N11O8-6. The Morgan fingerprint density at radius 1 is 0.424 bits per heavy atom. The Morgan fingerprint density at radius 2 is 0.856 bits per heavy atom. The Bertz CT molecular complexity index is 5540. The topological polar surface area (TPSA) is 267 Å². The van der Waals surface area contributed by atoms with Gasteiger partial charge in [0.05, 0.1) is 40.8 Å². The molecule has 15 rings (SSSR count). The van der Waals surface area contributed by atoms with Crippen LogP contribution in [0.4, 0.5) is 17.6 Å². The maximum Gasteiger partial charge on any atom is 0.354 e. The predicted molar refractivity (Wildman–Crippen MR) is 455 cm³/mol. The molecule has 0 atom stereocenters. The van der Waals surface area contributed by atoms with E-state index < -0.39 is 23.0 Å². The fourth-order valence-corrected chi connectivity index (χ4v) is 9.52. The number of rotatable bonds is 10. The molecule has 664 valence electrons. The first kappa shape index (κ1) is 114. The second-order valence-electron chi connectivity index (χ2n) is 27.1. The summed E-state index contributed by atoms with van der Waals surface area (Å²) in [7, 11) is 1.98.